The van der Waals surface area contributed by atoms with Crippen molar-refractivity contribution in [3.05, 3.63) is 17.8 Å². The SMILES string of the molecule is CCc1ncnc(N2CCC(C)(C(=O)O)C2)c1F. The number of carboxylic acids is 1. The van der Waals surface area contributed by atoms with Crippen molar-refractivity contribution in [1.82, 2.24) is 9.97 Å². The Kier molecular flexibility index (Phi) is 3.19. The topological polar surface area (TPSA) is 66.3 Å². The quantitative estimate of drug-likeness (QED) is 0.883. The van der Waals surface area contributed by atoms with Crippen molar-refractivity contribution in [2.45, 2.75) is 26.7 Å². The minimum Gasteiger partial charge on any atom is -0.481 e. The monoisotopic (exact) mass is 253 g/mol. The van der Waals surface area contributed by atoms with Gasteiger partial charge in [0.1, 0.15) is 6.33 Å². The minimum atomic E-state index is -0.852. The van der Waals surface area contributed by atoms with Crippen LogP contribution in [0.15, 0.2) is 6.33 Å². The van der Waals surface area contributed by atoms with Crippen molar-refractivity contribution in [2.75, 3.05) is 18.0 Å². The molecule has 18 heavy (non-hydrogen) atoms. The van der Waals surface area contributed by atoms with Crippen LogP contribution in [0.3, 0.4) is 0 Å². The first kappa shape index (κ1) is 12.7. The molecule has 98 valence electrons. The van der Waals surface area contributed by atoms with Crippen molar-refractivity contribution in [1.29, 1.82) is 0 Å². The van der Waals surface area contributed by atoms with Gasteiger partial charge in [-0.25, -0.2) is 14.4 Å². The highest BCUT2D eigenvalue weighted by Crippen LogP contribution is 2.33. The number of anilines is 1. The van der Waals surface area contributed by atoms with E-state index in [0.29, 0.717) is 25.1 Å². The summed E-state index contributed by atoms with van der Waals surface area (Å²) in [5.74, 6) is -1.07. The summed E-state index contributed by atoms with van der Waals surface area (Å²) in [6.45, 7) is 4.27. The van der Waals surface area contributed by atoms with Gasteiger partial charge in [-0.2, -0.15) is 0 Å². The molecule has 1 aromatic heterocycles. The lowest BCUT2D eigenvalue weighted by atomic mass is 9.90. The van der Waals surface area contributed by atoms with Crippen LogP contribution in [0, 0.1) is 11.2 Å². The van der Waals surface area contributed by atoms with Crippen LogP contribution in [-0.2, 0) is 11.2 Å². The molecule has 2 heterocycles. The summed E-state index contributed by atoms with van der Waals surface area (Å²) in [6, 6.07) is 0. The Morgan fingerprint density at radius 2 is 2.33 bits per heavy atom. The van der Waals surface area contributed by atoms with Crippen molar-refractivity contribution in [3.63, 3.8) is 0 Å². The first-order valence-electron chi connectivity index (χ1n) is 5.95. The second-order valence-electron chi connectivity index (χ2n) is 4.85. The van der Waals surface area contributed by atoms with E-state index in [1.54, 1.807) is 11.8 Å². The van der Waals surface area contributed by atoms with Crippen LogP contribution in [-0.4, -0.2) is 34.1 Å². The van der Waals surface area contributed by atoms with Crippen molar-refractivity contribution in [3.8, 4) is 0 Å². The molecular formula is C12H16FN3O2. The van der Waals surface area contributed by atoms with E-state index in [2.05, 4.69) is 9.97 Å². The zero-order valence-corrected chi connectivity index (χ0v) is 10.5. The standard InChI is InChI=1S/C12H16FN3O2/c1-3-8-9(13)10(15-7-14-8)16-5-4-12(2,6-16)11(17)18/h7H,3-6H2,1-2H3,(H,17,18). The molecule has 1 aromatic rings. The molecule has 1 aliphatic heterocycles. The van der Waals surface area contributed by atoms with Gasteiger partial charge in [-0.15, -0.1) is 0 Å². The number of carbonyl (C=O) groups is 1. The lowest BCUT2D eigenvalue weighted by molar-refractivity contribution is -0.146. The maximum Gasteiger partial charge on any atom is 0.311 e. The molecule has 0 amide bonds. The van der Waals surface area contributed by atoms with Crippen LogP contribution in [0.4, 0.5) is 10.2 Å². The number of nitrogens with zero attached hydrogens (tertiary/aromatic N) is 3. The third-order valence-corrected chi connectivity index (χ3v) is 3.47. The second-order valence-corrected chi connectivity index (χ2v) is 4.85. The fourth-order valence-electron chi connectivity index (χ4n) is 2.18. The maximum absolute atomic E-state index is 14.1. The van der Waals surface area contributed by atoms with E-state index in [-0.39, 0.29) is 12.4 Å². The molecule has 1 unspecified atom stereocenters. The summed E-state index contributed by atoms with van der Waals surface area (Å²) in [5.41, 5.74) is -0.465. The van der Waals surface area contributed by atoms with Crippen LogP contribution in [0.25, 0.3) is 0 Å². The predicted molar refractivity (Wildman–Crippen MR) is 63.9 cm³/mol. The smallest absolute Gasteiger partial charge is 0.311 e. The van der Waals surface area contributed by atoms with Crippen LogP contribution in [0.1, 0.15) is 26.0 Å². The van der Waals surface area contributed by atoms with Gasteiger partial charge in [0.2, 0.25) is 0 Å². The Bertz CT molecular complexity index is 480. The fourth-order valence-corrected chi connectivity index (χ4v) is 2.18. The number of aliphatic carboxylic acids is 1. The van der Waals surface area contributed by atoms with Gasteiger partial charge in [-0.3, -0.25) is 4.79 Å². The molecular weight excluding hydrogens is 237 g/mol. The van der Waals surface area contributed by atoms with E-state index in [1.165, 1.54) is 6.33 Å². The van der Waals surface area contributed by atoms with Gasteiger partial charge in [0.15, 0.2) is 11.6 Å². The third-order valence-electron chi connectivity index (χ3n) is 3.47. The summed E-state index contributed by atoms with van der Waals surface area (Å²) in [4.78, 5) is 20.7. The molecule has 2 rings (SSSR count). The van der Waals surface area contributed by atoms with E-state index >= 15 is 0 Å². The molecule has 0 radical (unpaired) electrons. The van der Waals surface area contributed by atoms with E-state index in [9.17, 15) is 9.18 Å². The number of rotatable bonds is 3. The molecule has 0 aliphatic carbocycles. The van der Waals surface area contributed by atoms with Crippen molar-refractivity contribution >= 4 is 11.8 Å². The molecule has 0 spiro atoms. The summed E-state index contributed by atoms with van der Waals surface area (Å²) < 4.78 is 14.1. The predicted octanol–water partition coefficient (Wildman–Crippen LogP) is 1.48. The summed E-state index contributed by atoms with van der Waals surface area (Å²) >= 11 is 0. The Morgan fingerprint density at radius 1 is 1.61 bits per heavy atom. The first-order valence-corrected chi connectivity index (χ1v) is 5.95. The van der Waals surface area contributed by atoms with Crippen molar-refractivity contribution in [2.24, 2.45) is 5.41 Å². The Labute approximate surface area is 105 Å². The summed E-state index contributed by atoms with van der Waals surface area (Å²) in [7, 11) is 0. The van der Waals surface area contributed by atoms with Crippen LogP contribution >= 0.6 is 0 Å². The zero-order valence-electron chi connectivity index (χ0n) is 10.5. The van der Waals surface area contributed by atoms with Gasteiger partial charge in [-0.1, -0.05) is 6.92 Å². The molecule has 0 saturated carbocycles. The van der Waals surface area contributed by atoms with E-state index in [0.717, 1.165) is 0 Å². The summed E-state index contributed by atoms with van der Waals surface area (Å²) in [5, 5.41) is 9.15. The number of hydrogen-bond acceptors (Lipinski definition) is 4. The molecule has 0 aromatic carbocycles. The van der Waals surface area contributed by atoms with Gasteiger partial charge in [-0.05, 0) is 19.8 Å². The molecule has 6 heteroatoms. The number of aromatic nitrogens is 2. The van der Waals surface area contributed by atoms with Gasteiger partial charge in [0, 0.05) is 13.1 Å². The van der Waals surface area contributed by atoms with Gasteiger partial charge in [0.25, 0.3) is 0 Å². The lowest BCUT2D eigenvalue weighted by Gasteiger charge is -2.21. The van der Waals surface area contributed by atoms with Gasteiger partial charge < -0.3 is 10.0 Å². The average molecular weight is 253 g/mol. The molecule has 1 fully saturated rings. The van der Waals surface area contributed by atoms with Crippen LogP contribution < -0.4 is 4.90 Å². The highest BCUT2D eigenvalue weighted by molar-refractivity contribution is 5.76. The molecule has 1 saturated heterocycles. The minimum absolute atomic E-state index is 0.215. The number of carboxylic acid groups (broad SMARTS) is 1. The van der Waals surface area contributed by atoms with E-state index in [1.807, 2.05) is 6.92 Å². The number of aryl methyl sites for hydroxylation is 1. The van der Waals surface area contributed by atoms with E-state index in [4.69, 9.17) is 5.11 Å². The van der Waals surface area contributed by atoms with Crippen molar-refractivity contribution < 1.29 is 14.3 Å². The number of hydrogen-bond donors (Lipinski definition) is 1. The van der Waals surface area contributed by atoms with Crippen LogP contribution in [0.2, 0.25) is 0 Å². The normalized spacial score (nSPS) is 23.4. The average Bonchev–Trinajstić information content (AvgIpc) is 2.73. The van der Waals surface area contributed by atoms with Gasteiger partial charge in [0.05, 0.1) is 11.1 Å². The molecule has 1 atom stereocenters. The Morgan fingerprint density at radius 3 is 2.89 bits per heavy atom. The third kappa shape index (κ3) is 2.02. The van der Waals surface area contributed by atoms with E-state index < -0.39 is 17.2 Å². The highest BCUT2D eigenvalue weighted by atomic mass is 19.1. The lowest BCUT2D eigenvalue weighted by Crippen LogP contribution is -2.32. The fraction of sp³-hybridized carbons (Fsp3) is 0.583. The molecule has 5 nitrogen and oxygen atoms in total. The second kappa shape index (κ2) is 4.51. The largest absolute Gasteiger partial charge is 0.481 e. The maximum atomic E-state index is 14.1. The molecule has 1 aliphatic rings. The summed E-state index contributed by atoms with van der Waals surface area (Å²) in [6.07, 6.45) is 2.31. The molecule has 1 N–H and O–H groups in total. The van der Waals surface area contributed by atoms with Gasteiger partial charge >= 0.3 is 5.97 Å². The molecule has 0 bridgehead atoms. The Balaban J connectivity index is 2.27. The Hall–Kier alpha value is -1.72. The number of halogens is 1. The zero-order chi connectivity index (χ0) is 13.3. The highest BCUT2D eigenvalue weighted by Gasteiger charge is 2.41. The first-order chi connectivity index (χ1) is 8.48. The van der Waals surface area contributed by atoms with Crippen LogP contribution in [0.5, 0.6) is 0 Å².